The van der Waals surface area contributed by atoms with Crippen LogP contribution >= 0.6 is 0 Å². The maximum atomic E-state index is 11.5. The van der Waals surface area contributed by atoms with E-state index in [1.165, 1.54) is 0 Å². The third-order valence-corrected chi connectivity index (χ3v) is 2.11. The van der Waals surface area contributed by atoms with Crippen LogP contribution < -0.4 is 11.1 Å². The van der Waals surface area contributed by atoms with Gasteiger partial charge < -0.3 is 16.2 Å². The van der Waals surface area contributed by atoms with E-state index < -0.39 is 12.0 Å². The van der Waals surface area contributed by atoms with Crippen molar-refractivity contribution in [3.05, 3.63) is 35.4 Å². The van der Waals surface area contributed by atoms with E-state index in [4.69, 9.17) is 10.8 Å². The number of carbonyl (C=O) groups is 2. The van der Waals surface area contributed by atoms with Crippen molar-refractivity contribution in [2.75, 3.05) is 6.54 Å². The summed E-state index contributed by atoms with van der Waals surface area (Å²) in [6.45, 7) is 1.84. The number of benzene rings is 1. The SMILES string of the molecule is Cc1ccc(C(=O)NCC(N)C(=O)O)cc1. The Morgan fingerprint density at radius 2 is 1.94 bits per heavy atom. The van der Waals surface area contributed by atoms with Gasteiger partial charge in [0.2, 0.25) is 0 Å². The lowest BCUT2D eigenvalue weighted by atomic mass is 10.1. The Balaban J connectivity index is 2.53. The minimum atomic E-state index is -1.13. The number of nitrogens with one attached hydrogen (secondary N) is 1. The fraction of sp³-hybridized carbons (Fsp3) is 0.273. The third kappa shape index (κ3) is 3.36. The molecule has 1 aromatic rings. The largest absolute Gasteiger partial charge is 0.480 e. The van der Waals surface area contributed by atoms with Crippen molar-refractivity contribution >= 4 is 11.9 Å². The molecule has 0 fully saturated rings. The molecule has 0 saturated heterocycles. The number of aliphatic carboxylic acids is 1. The van der Waals surface area contributed by atoms with Gasteiger partial charge in [0.1, 0.15) is 6.04 Å². The minimum absolute atomic E-state index is 0.0813. The van der Waals surface area contributed by atoms with Gasteiger partial charge in [-0.15, -0.1) is 0 Å². The average molecular weight is 222 g/mol. The molecule has 0 spiro atoms. The van der Waals surface area contributed by atoms with Gasteiger partial charge in [0, 0.05) is 12.1 Å². The van der Waals surface area contributed by atoms with Crippen molar-refractivity contribution in [2.24, 2.45) is 5.73 Å². The summed E-state index contributed by atoms with van der Waals surface area (Å²) in [5.41, 5.74) is 6.80. The van der Waals surface area contributed by atoms with Crippen LogP contribution in [-0.4, -0.2) is 29.6 Å². The van der Waals surface area contributed by atoms with Gasteiger partial charge in [0.05, 0.1) is 0 Å². The Bertz CT molecular complexity index is 387. The number of carboxylic acids is 1. The molecule has 1 rings (SSSR count). The first-order valence-electron chi connectivity index (χ1n) is 4.84. The summed E-state index contributed by atoms with van der Waals surface area (Å²) < 4.78 is 0. The predicted octanol–water partition coefficient (Wildman–Crippen LogP) is 0.137. The quantitative estimate of drug-likeness (QED) is 0.675. The number of amides is 1. The Morgan fingerprint density at radius 3 is 2.44 bits per heavy atom. The maximum Gasteiger partial charge on any atom is 0.322 e. The van der Waals surface area contributed by atoms with E-state index in [-0.39, 0.29) is 12.5 Å². The van der Waals surface area contributed by atoms with Crippen molar-refractivity contribution in [1.29, 1.82) is 0 Å². The molecule has 0 aliphatic heterocycles. The molecule has 5 heteroatoms. The van der Waals surface area contributed by atoms with Crippen LogP contribution in [0.4, 0.5) is 0 Å². The number of carbonyl (C=O) groups excluding carboxylic acids is 1. The monoisotopic (exact) mass is 222 g/mol. The van der Waals surface area contributed by atoms with Crippen molar-refractivity contribution in [2.45, 2.75) is 13.0 Å². The number of nitrogens with two attached hydrogens (primary N) is 1. The topological polar surface area (TPSA) is 92.4 Å². The maximum absolute atomic E-state index is 11.5. The van der Waals surface area contributed by atoms with Gasteiger partial charge in [-0.05, 0) is 19.1 Å². The summed E-state index contributed by atoms with van der Waals surface area (Å²) in [4.78, 5) is 21.9. The van der Waals surface area contributed by atoms with Gasteiger partial charge in [-0.3, -0.25) is 9.59 Å². The van der Waals surface area contributed by atoms with Gasteiger partial charge in [-0.1, -0.05) is 17.7 Å². The van der Waals surface area contributed by atoms with E-state index in [9.17, 15) is 9.59 Å². The summed E-state index contributed by atoms with van der Waals surface area (Å²) in [6.07, 6.45) is 0. The van der Waals surface area contributed by atoms with Gasteiger partial charge in [0.25, 0.3) is 5.91 Å². The fourth-order valence-corrected chi connectivity index (χ4v) is 1.10. The van der Waals surface area contributed by atoms with Crippen LogP contribution in [0.25, 0.3) is 0 Å². The van der Waals surface area contributed by atoms with E-state index in [1.54, 1.807) is 12.1 Å². The second-order valence-corrected chi connectivity index (χ2v) is 3.52. The number of aryl methyl sites for hydroxylation is 1. The molecule has 1 amide bonds. The van der Waals surface area contributed by atoms with Crippen LogP contribution in [0.3, 0.4) is 0 Å². The predicted molar refractivity (Wildman–Crippen MR) is 59.1 cm³/mol. The van der Waals surface area contributed by atoms with E-state index in [0.29, 0.717) is 5.56 Å². The normalized spacial score (nSPS) is 11.9. The molecule has 0 saturated carbocycles. The highest BCUT2D eigenvalue weighted by Gasteiger charge is 2.13. The molecule has 5 nitrogen and oxygen atoms in total. The van der Waals surface area contributed by atoms with Crippen LogP contribution in [-0.2, 0) is 4.79 Å². The first kappa shape index (κ1) is 12.2. The van der Waals surface area contributed by atoms with E-state index in [1.807, 2.05) is 19.1 Å². The summed E-state index contributed by atoms with van der Waals surface area (Å²) in [5.74, 6) is -1.46. The molecule has 1 atom stereocenters. The highest BCUT2D eigenvalue weighted by molar-refractivity contribution is 5.94. The molecule has 0 bridgehead atoms. The first-order valence-corrected chi connectivity index (χ1v) is 4.84. The zero-order valence-electron chi connectivity index (χ0n) is 8.93. The molecular weight excluding hydrogens is 208 g/mol. The molecule has 86 valence electrons. The van der Waals surface area contributed by atoms with Crippen LogP contribution in [0.1, 0.15) is 15.9 Å². The molecule has 1 unspecified atom stereocenters. The average Bonchev–Trinajstić information content (AvgIpc) is 2.26. The number of hydrogen-bond donors (Lipinski definition) is 3. The van der Waals surface area contributed by atoms with Crippen LogP contribution in [0.15, 0.2) is 24.3 Å². The summed E-state index contributed by atoms with van der Waals surface area (Å²) in [5, 5.41) is 11.0. The summed E-state index contributed by atoms with van der Waals surface area (Å²) in [6, 6.07) is 5.90. The standard InChI is InChI=1S/C11H14N2O3/c1-7-2-4-8(5-3-7)10(14)13-6-9(12)11(15)16/h2-5,9H,6,12H2,1H3,(H,13,14)(H,15,16). The summed E-state index contributed by atoms with van der Waals surface area (Å²) >= 11 is 0. The lowest BCUT2D eigenvalue weighted by Crippen LogP contribution is -2.42. The Morgan fingerprint density at radius 1 is 1.38 bits per heavy atom. The molecule has 16 heavy (non-hydrogen) atoms. The van der Waals surface area contributed by atoms with Gasteiger partial charge in [-0.25, -0.2) is 0 Å². The van der Waals surface area contributed by atoms with Crippen molar-refractivity contribution in [3.8, 4) is 0 Å². The zero-order chi connectivity index (χ0) is 12.1. The Kier molecular flexibility index (Phi) is 4.02. The highest BCUT2D eigenvalue weighted by atomic mass is 16.4. The molecule has 1 aromatic carbocycles. The van der Waals surface area contributed by atoms with Gasteiger partial charge in [-0.2, -0.15) is 0 Å². The van der Waals surface area contributed by atoms with E-state index in [2.05, 4.69) is 5.32 Å². The Hall–Kier alpha value is -1.88. The lowest BCUT2D eigenvalue weighted by Gasteiger charge is -2.08. The third-order valence-electron chi connectivity index (χ3n) is 2.11. The van der Waals surface area contributed by atoms with Crippen LogP contribution in [0, 0.1) is 6.92 Å². The summed E-state index contributed by atoms with van der Waals surface area (Å²) in [7, 11) is 0. The van der Waals surface area contributed by atoms with E-state index >= 15 is 0 Å². The Labute approximate surface area is 93.3 Å². The molecule has 4 N–H and O–H groups in total. The fourth-order valence-electron chi connectivity index (χ4n) is 1.10. The second kappa shape index (κ2) is 5.27. The van der Waals surface area contributed by atoms with Crippen molar-refractivity contribution in [1.82, 2.24) is 5.32 Å². The van der Waals surface area contributed by atoms with Crippen molar-refractivity contribution in [3.63, 3.8) is 0 Å². The molecule has 0 aromatic heterocycles. The van der Waals surface area contributed by atoms with Gasteiger partial charge >= 0.3 is 5.97 Å². The number of rotatable bonds is 4. The van der Waals surface area contributed by atoms with Crippen molar-refractivity contribution < 1.29 is 14.7 Å². The molecule has 0 radical (unpaired) electrons. The zero-order valence-corrected chi connectivity index (χ0v) is 8.93. The number of hydrogen-bond acceptors (Lipinski definition) is 3. The smallest absolute Gasteiger partial charge is 0.322 e. The van der Waals surface area contributed by atoms with Gasteiger partial charge in [0.15, 0.2) is 0 Å². The minimum Gasteiger partial charge on any atom is -0.480 e. The second-order valence-electron chi connectivity index (χ2n) is 3.52. The van der Waals surface area contributed by atoms with Crippen LogP contribution in [0.5, 0.6) is 0 Å². The lowest BCUT2D eigenvalue weighted by molar-refractivity contribution is -0.138. The molecule has 0 aliphatic carbocycles. The van der Waals surface area contributed by atoms with E-state index in [0.717, 1.165) is 5.56 Å². The first-order chi connectivity index (χ1) is 7.50. The number of carboxylic acid groups (broad SMARTS) is 1. The highest BCUT2D eigenvalue weighted by Crippen LogP contribution is 2.02. The molecule has 0 aliphatic rings. The molecular formula is C11H14N2O3. The molecule has 0 heterocycles. The van der Waals surface area contributed by atoms with Crippen LogP contribution in [0.2, 0.25) is 0 Å².